The summed E-state index contributed by atoms with van der Waals surface area (Å²) in [5, 5.41) is 0. The van der Waals surface area contributed by atoms with E-state index in [-0.39, 0.29) is 0 Å². The molecule has 5 heteroatoms. The Bertz CT molecular complexity index is 963. The Balaban J connectivity index is 1.61. The van der Waals surface area contributed by atoms with Crippen LogP contribution in [0.25, 0.3) is 17.0 Å². The maximum atomic E-state index is 5.87. The van der Waals surface area contributed by atoms with E-state index in [1.54, 1.807) is 13.3 Å². The molecule has 2 heterocycles. The Morgan fingerprint density at radius 1 is 1.04 bits per heavy atom. The molecule has 2 aromatic carbocycles. The molecule has 25 heavy (non-hydrogen) atoms. The van der Waals surface area contributed by atoms with Crippen LogP contribution >= 0.6 is 0 Å². The maximum Gasteiger partial charge on any atom is 0.234 e. The molecular weight excluding hydrogens is 314 g/mol. The SMILES string of the molecule is COc1cc(OCc2ccccc2)ccc1-c1cn2cccnc2n1. The Kier molecular flexibility index (Phi) is 4.04. The number of imidazole rings is 1. The second kappa shape index (κ2) is 6.65. The number of methoxy groups -OCH3 is 1. The summed E-state index contributed by atoms with van der Waals surface area (Å²) in [6.45, 7) is 0.516. The van der Waals surface area contributed by atoms with Crippen molar-refractivity contribution in [3.05, 3.63) is 78.8 Å². The molecule has 0 saturated carbocycles. The van der Waals surface area contributed by atoms with Crippen molar-refractivity contribution in [2.75, 3.05) is 7.11 Å². The average Bonchev–Trinajstić information content (AvgIpc) is 3.11. The predicted molar refractivity (Wildman–Crippen MR) is 95.7 cm³/mol. The lowest BCUT2D eigenvalue weighted by molar-refractivity contribution is 0.304. The van der Waals surface area contributed by atoms with Gasteiger partial charge in [-0.25, -0.2) is 9.97 Å². The van der Waals surface area contributed by atoms with Crippen LogP contribution < -0.4 is 9.47 Å². The van der Waals surface area contributed by atoms with Crippen molar-refractivity contribution in [3.63, 3.8) is 0 Å². The summed E-state index contributed by atoms with van der Waals surface area (Å²) in [5.74, 6) is 2.13. The Morgan fingerprint density at radius 3 is 2.72 bits per heavy atom. The number of benzene rings is 2. The molecule has 0 radical (unpaired) electrons. The number of aromatic nitrogens is 3. The van der Waals surface area contributed by atoms with Crippen LogP contribution in [0.15, 0.2) is 73.2 Å². The van der Waals surface area contributed by atoms with Crippen LogP contribution in [0.4, 0.5) is 0 Å². The topological polar surface area (TPSA) is 48.7 Å². The van der Waals surface area contributed by atoms with Crippen LogP contribution in [0.2, 0.25) is 0 Å². The quantitative estimate of drug-likeness (QED) is 0.555. The smallest absolute Gasteiger partial charge is 0.234 e. The first-order valence-electron chi connectivity index (χ1n) is 7.98. The zero-order valence-corrected chi connectivity index (χ0v) is 13.8. The molecule has 4 rings (SSSR count). The van der Waals surface area contributed by atoms with E-state index in [9.17, 15) is 0 Å². The van der Waals surface area contributed by atoms with Crippen molar-refractivity contribution in [2.45, 2.75) is 6.61 Å². The molecule has 2 aromatic heterocycles. The molecule has 0 saturated heterocycles. The Morgan fingerprint density at radius 2 is 1.92 bits per heavy atom. The van der Waals surface area contributed by atoms with Crippen LogP contribution in [0, 0.1) is 0 Å². The molecule has 0 aliphatic rings. The third-order valence-electron chi connectivity index (χ3n) is 3.93. The summed E-state index contributed by atoms with van der Waals surface area (Å²) >= 11 is 0. The van der Waals surface area contributed by atoms with Gasteiger partial charge in [0.2, 0.25) is 5.78 Å². The van der Waals surface area contributed by atoms with Crippen LogP contribution in [-0.4, -0.2) is 21.5 Å². The zero-order valence-electron chi connectivity index (χ0n) is 13.8. The summed E-state index contributed by atoms with van der Waals surface area (Å²) in [6.07, 6.45) is 5.58. The molecule has 0 atom stereocenters. The molecule has 4 aromatic rings. The van der Waals surface area contributed by atoms with Crippen LogP contribution in [0.1, 0.15) is 5.56 Å². The van der Waals surface area contributed by atoms with Crippen molar-refractivity contribution < 1.29 is 9.47 Å². The fourth-order valence-corrected chi connectivity index (χ4v) is 2.67. The lowest BCUT2D eigenvalue weighted by Gasteiger charge is -2.10. The standard InChI is InChI=1S/C20H17N3O2/c1-24-19-12-16(25-14-15-6-3-2-4-7-15)8-9-17(19)18-13-23-11-5-10-21-20(23)22-18/h2-13H,14H2,1H3. The van der Waals surface area contributed by atoms with E-state index in [4.69, 9.17) is 9.47 Å². The van der Waals surface area contributed by atoms with Gasteiger partial charge in [0.25, 0.3) is 0 Å². The van der Waals surface area contributed by atoms with E-state index in [2.05, 4.69) is 9.97 Å². The third kappa shape index (κ3) is 3.17. The molecule has 5 nitrogen and oxygen atoms in total. The van der Waals surface area contributed by atoms with Crippen molar-refractivity contribution >= 4 is 5.78 Å². The molecule has 124 valence electrons. The van der Waals surface area contributed by atoms with Crippen LogP contribution in [0.3, 0.4) is 0 Å². The summed E-state index contributed by atoms with van der Waals surface area (Å²) in [7, 11) is 1.65. The van der Waals surface area contributed by atoms with E-state index in [0.717, 1.165) is 22.6 Å². The maximum absolute atomic E-state index is 5.87. The van der Waals surface area contributed by atoms with E-state index < -0.39 is 0 Å². The highest BCUT2D eigenvalue weighted by Gasteiger charge is 2.12. The minimum Gasteiger partial charge on any atom is -0.496 e. The largest absolute Gasteiger partial charge is 0.496 e. The zero-order chi connectivity index (χ0) is 17.1. The van der Waals surface area contributed by atoms with Gasteiger partial charge in [-0.15, -0.1) is 0 Å². The fraction of sp³-hybridized carbons (Fsp3) is 0.100. The van der Waals surface area contributed by atoms with Crippen molar-refractivity contribution in [1.82, 2.24) is 14.4 Å². The first kappa shape index (κ1) is 15.2. The van der Waals surface area contributed by atoms with Crippen molar-refractivity contribution in [2.24, 2.45) is 0 Å². The van der Waals surface area contributed by atoms with Crippen LogP contribution in [0.5, 0.6) is 11.5 Å². The number of ether oxygens (including phenoxy) is 2. The van der Waals surface area contributed by atoms with Gasteiger partial charge in [-0.3, -0.25) is 4.40 Å². The molecule has 0 unspecified atom stereocenters. The summed E-state index contributed by atoms with van der Waals surface area (Å²) in [5.41, 5.74) is 2.84. The fourth-order valence-electron chi connectivity index (χ4n) is 2.67. The first-order chi connectivity index (χ1) is 12.3. The minimum absolute atomic E-state index is 0.516. The normalized spacial score (nSPS) is 10.8. The number of rotatable bonds is 5. The highest BCUT2D eigenvalue weighted by molar-refractivity contribution is 5.69. The van der Waals surface area contributed by atoms with Gasteiger partial charge in [-0.1, -0.05) is 30.3 Å². The van der Waals surface area contributed by atoms with Crippen molar-refractivity contribution in [3.8, 4) is 22.8 Å². The molecule has 0 bridgehead atoms. The van der Waals surface area contributed by atoms with Gasteiger partial charge in [0.15, 0.2) is 0 Å². The minimum atomic E-state index is 0.516. The molecular formula is C20H17N3O2. The van der Waals surface area contributed by atoms with Gasteiger partial charge in [-0.05, 0) is 23.8 Å². The van der Waals surface area contributed by atoms with Gasteiger partial charge in [0.05, 0.1) is 12.8 Å². The van der Waals surface area contributed by atoms with E-state index in [1.807, 2.05) is 71.4 Å². The monoisotopic (exact) mass is 331 g/mol. The summed E-state index contributed by atoms with van der Waals surface area (Å²) in [4.78, 5) is 8.80. The summed E-state index contributed by atoms with van der Waals surface area (Å²) < 4.78 is 13.3. The highest BCUT2D eigenvalue weighted by Crippen LogP contribution is 2.33. The number of hydrogen-bond donors (Lipinski definition) is 0. The lowest BCUT2D eigenvalue weighted by atomic mass is 10.1. The molecule has 0 amide bonds. The predicted octanol–water partition coefficient (Wildman–Crippen LogP) is 3.98. The Labute approximate surface area is 145 Å². The lowest BCUT2D eigenvalue weighted by Crippen LogP contribution is -1.96. The van der Waals surface area contributed by atoms with Crippen LogP contribution in [-0.2, 0) is 6.61 Å². The number of fused-ring (bicyclic) bond motifs is 1. The first-order valence-corrected chi connectivity index (χ1v) is 7.98. The number of nitrogens with zero attached hydrogens (tertiary/aromatic N) is 3. The molecule has 0 aliphatic carbocycles. The third-order valence-corrected chi connectivity index (χ3v) is 3.93. The average molecular weight is 331 g/mol. The van der Waals surface area contributed by atoms with E-state index in [1.165, 1.54) is 0 Å². The molecule has 0 spiro atoms. The van der Waals surface area contributed by atoms with E-state index >= 15 is 0 Å². The van der Waals surface area contributed by atoms with E-state index in [0.29, 0.717) is 18.1 Å². The highest BCUT2D eigenvalue weighted by atomic mass is 16.5. The van der Waals surface area contributed by atoms with Gasteiger partial charge in [0.1, 0.15) is 18.1 Å². The van der Waals surface area contributed by atoms with Gasteiger partial charge in [-0.2, -0.15) is 0 Å². The number of hydrogen-bond acceptors (Lipinski definition) is 4. The molecule has 0 aliphatic heterocycles. The second-order valence-corrected chi connectivity index (χ2v) is 5.59. The van der Waals surface area contributed by atoms with Gasteiger partial charge >= 0.3 is 0 Å². The van der Waals surface area contributed by atoms with Gasteiger partial charge < -0.3 is 9.47 Å². The van der Waals surface area contributed by atoms with Crippen molar-refractivity contribution in [1.29, 1.82) is 0 Å². The Hall–Kier alpha value is -3.34. The van der Waals surface area contributed by atoms with Gasteiger partial charge in [0, 0.05) is 30.2 Å². The summed E-state index contributed by atoms with van der Waals surface area (Å²) in [6, 6.07) is 17.7. The molecule has 0 N–H and O–H groups in total. The molecule has 0 fully saturated rings. The second-order valence-electron chi connectivity index (χ2n) is 5.59.